The van der Waals surface area contributed by atoms with E-state index in [4.69, 9.17) is 0 Å². The molecule has 2 aromatic rings. The molecule has 1 aromatic carbocycles. The van der Waals surface area contributed by atoms with Gasteiger partial charge < -0.3 is 10.1 Å². The highest BCUT2D eigenvalue weighted by Crippen LogP contribution is 2.31. The van der Waals surface area contributed by atoms with Crippen molar-refractivity contribution in [3.8, 4) is 11.3 Å². The van der Waals surface area contributed by atoms with Crippen molar-refractivity contribution in [3.63, 3.8) is 0 Å². The molecule has 1 aromatic heterocycles. The second-order valence-corrected chi connectivity index (χ2v) is 5.99. The third-order valence-corrected chi connectivity index (χ3v) is 3.95. The molecule has 0 amide bonds. The van der Waals surface area contributed by atoms with Crippen LogP contribution in [0.2, 0.25) is 0 Å². The maximum Gasteiger partial charge on any atom is 0.314 e. The van der Waals surface area contributed by atoms with Gasteiger partial charge in [-0.1, -0.05) is 48.0 Å². The zero-order chi connectivity index (χ0) is 14.9. The molecule has 5 heteroatoms. The number of nitrogens with one attached hydrogen (secondary N) is 1. The topological polar surface area (TPSA) is 66.0 Å². The van der Waals surface area contributed by atoms with Gasteiger partial charge in [-0.2, -0.15) is 0 Å². The smallest absolute Gasteiger partial charge is 0.314 e. The van der Waals surface area contributed by atoms with Crippen molar-refractivity contribution in [1.29, 1.82) is 0 Å². The van der Waals surface area contributed by atoms with Gasteiger partial charge in [0.15, 0.2) is 0 Å². The highest BCUT2D eigenvalue weighted by atomic mass is 79.9. The molecular formula is C15H17BrN2O2. The van der Waals surface area contributed by atoms with Crippen LogP contribution < -0.4 is 0 Å². The maximum absolute atomic E-state index is 11.4. The molecule has 2 N–H and O–H groups in total. The second kappa shape index (κ2) is 5.79. The molecular weight excluding hydrogens is 320 g/mol. The molecule has 0 spiro atoms. The molecule has 1 atom stereocenters. The van der Waals surface area contributed by atoms with E-state index in [0.717, 1.165) is 21.4 Å². The van der Waals surface area contributed by atoms with Crippen LogP contribution in [0.15, 0.2) is 28.7 Å². The Morgan fingerprint density at radius 1 is 1.35 bits per heavy atom. The molecule has 0 radical (unpaired) electrons. The molecule has 106 valence electrons. The van der Waals surface area contributed by atoms with Crippen molar-refractivity contribution in [1.82, 2.24) is 9.97 Å². The summed E-state index contributed by atoms with van der Waals surface area (Å²) in [5.41, 5.74) is 2.62. The van der Waals surface area contributed by atoms with Crippen molar-refractivity contribution >= 4 is 21.9 Å². The quantitative estimate of drug-likeness (QED) is 0.887. The van der Waals surface area contributed by atoms with E-state index in [0.29, 0.717) is 5.82 Å². The lowest BCUT2D eigenvalue weighted by molar-refractivity contribution is -0.140. The standard InChI is InChI=1S/C15H17BrN2O2/c1-8(2)12(15(19)20)14-17-9(3)13(18-14)10-6-4-5-7-11(10)16/h4-8,12H,1-3H3,(H,17,18)(H,19,20). The summed E-state index contributed by atoms with van der Waals surface area (Å²) in [5.74, 6) is -0.988. The molecule has 1 unspecified atom stereocenters. The third-order valence-electron chi connectivity index (χ3n) is 3.26. The van der Waals surface area contributed by atoms with Crippen LogP contribution in [0.25, 0.3) is 11.3 Å². The normalized spacial score (nSPS) is 12.7. The van der Waals surface area contributed by atoms with Crippen LogP contribution in [-0.2, 0) is 4.79 Å². The van der Waals surface area contributed by atoms with Gasteiger partial charge in [0, 0.05) is 15.7 Å². The molecule has 0 saturated carbocycles. The minimum atomic E-state index is -0.854. The number of hydrogen-bond acceptors (Lipinski definition) is 2. The second-order valence-electron chi connectivity index (χ2n) is 5.14. The number of aryl methyl sites for hydroxylation is 1. The number of H-pyrrole nitrogens is 1. The first-order valence-corrected chi connectivity index (χ1v) is 7.25. The summed E-state index contributed by atoms with van der Waals surface area (Å²) in [4.78, 5) is 19.0. The molecule has 2 rings (SSSR count). The van der Waals surface area contributed by atoms with Gasteiger partial charge in [-0.05, 0) is 18.9 Å². The number of hydrogen-bond donors (Lipinski definition) is 2. The summed E-state index contributed by atoms with van der Waals surface area (Å²) >= 11 is 3.50. The fraction of sp³-hybridized carbons (Fsp3) is 0.333. The van der Waals surface area contributed by atoms with Crippen molar-refractivity contribution in [2.45, 2.75) is 26.7 Å². The monoisotopic (exact) mass is 336 g/mol. The highest BCUT2D eigenvalue weighted by Gasteiger charge is 2.27. The van der Waals surface area contributed by atoms with Gasteiger partial charge in [0.05, 0.1) is 5.69 Å². The largest absolute Gasteiger partial charge is 0.481 e. The number of carboxylic acids is 1. The highest BCUT2D eigenvalue weighted by molar-refractivity contribution is 9.10. The average molecular weight is 337 g/mol. The number of aromatic amines is 1. The zero-order valence-corrected chi connectivity index (χ0v) is 13.2. The zero-order valence-electron chi connectivity index (χ0n) is 11.6. The Kier molecular flexibility index (Phi) is 4.28. The minimum absolute atomic E-state index is 0.0230. The molecule has 0 aliphatic carbocycles. The first-order valence-electron chi connectivity index (χ1n) is 6.46. The van der Waals surface area contributed by atoms with E-state index in [1.165, 1.54) is 0 Å². The predicted octanol–water partition coefficient (Wildman–Crippen LogP) is 3.97. The average Bonchev–Trinajstić information content (AvgIpc) is 2.70. The molecule has 0 fully saturated rings. The SMILES string of the molecule is Cc1[nH]c(C(C(=O)O)C(C)C)nc1-c1ccccc1Br. The van der Waals surface area contributed by atoms with Crippen molar-refractivity contribution in [3.05, 3.63) is 40.3 Å². The molecule has 0 aliphatic rings. The number of benzene rings is 1. The Morgan fingerprint density at radius 2 is 2.00 bits per heavy atom. The number of carboxylic acid groups (broad SMARTS) is 1. The number of imidazole rings is 1. The van der Waals surface area contributed by atoms with Crippen LogP contribution in [0.3, 0.4) is 0 Å². The number of halogens is 1. The Labute approximate surface area is 126 Å². The fourth-order valence-electron chi connectivity index (χ4n) is 2.26. The van der Waals surface area contributed by atoms with Crippen LogP contribution in [-0.4, -0.2) is 21.0 Å². The predicted molar refractivity (Wildman–Crippen MR) is 81.7 cm³/mol. The number of nitrogens with zero attached hydrogens (tertiary/aromatic N) is 1. The molecule has 4 nitrogen and oxygen atoms in total. The minimum Gasteiger partial charge on any atom is -0.481 e. The van der Waals surface area contributed by atoms with E-state index in [1.54, 1.807) is 0 Å². The Balaban J connectivity index is 2.50. The van der Waals surface area contributed by atoms with E-state index in [2.05, 4.69) is 25.9 Å². The van der Waals surface area contributed by atoms with E-state index in [9.17, 15) is 9.90 Å². The lowest BCUT2D eigenvalue weighted by Crippen LogP contribution is -2.18. The summed E-state index contributed by atoms with van der Waals surface area (Å²) in [6.07, 6.45) is 0. The van der Waals surface area contributed by atoms with E-state index >= 15 is 0 Å². The van der Waals surface area contributed by atoms with Gasteiger partial charge in [0.1, 0.15) is 11.7 Å². The third kappa shape index (κ3) is 2.77. The van der Waals surface area contributed by atoms with Crippen LogP contribution in [0.1, 0.15) is 31.3 Å². The van der Waals surface area contributed by atoms with E-state index in [-0.39, 0.29) is 5.92 Å². The number of carbonyl (C=O) groups is 1. The van der Waals surface area contributed by atoms with Crippen LogP contribution >= 0.6 is 15.9 Å². The number of aromatic nitrogens is 2. The fourth-order valence-corrected chi connectivity index (χ4v) is 2.74. The first-order chi connectivity index (χ1) is 9.41. The van der Waals surface area contributed by atoms with Gasteiger partial charge >= 0.3 is 5.97 Å². The van der Waals surface area contributed by atoms with Gasteiger partial charge in [-0.3, -0.25) is 4.79 Å². The summed E-state index contributed by atoms with van der Waals surface area (Å²) < 4.78 is 0.942. The maximum atomic E-state index is 11.4. The number of aliphatic carboxylic acids is 1. The summed E-state index contributed by atoms with van der Waals surface area (Å²) in [5, 5.41) is 9.35. The molecule has 20 heavy (non-hydrogen) atoms. The van der Waals surface area contributed by atoms with Crippen LogP contribution in [0.4, 0.5) is 0 Å². The van der Waals surface area contributed by atoms with Crippen LogP contribution in [0, 0.1) is 12.8 Å². The molecule has 0 bridgehead atoms. The van der Waals surface area contributed by atoms with Gasteiger partial charge in [0.2, 0.25) is 0 Å². The lowest BCUT2D eigenvalue weighted by atomic mass is 9.95. The Morgan fingerprint density at radius 3 is 2.55 bits per heavy atom. The molecule has 1 heterocycles. The Hall–Kier alpha value is -1.62. The van der Waals surface area contributed by atoms with Crippen molar-refractivity contribution in [2.24, 2.45) is 5.92 Å². The molecule has 0 aliphatic heterocycles. The van der Waals surface area contributed by atoms with E-state index in [1.807, 2.05) is 45.0 Å². The van der Waals surface area contributed by atoms with Crippen molar-refractivity contribution in [2.75, 3.05) is 0 Å². The summed E-state index contributed by atoms with van der Waals surface area (Å²) in [7, 11) is 0. The van der Waals surface area contributed by atoms with Gasteiger partial charge in [0.25, 0.3) is 0 Å². The van der Waals surface area contributed by atoms with Crippen LogP contribution in [0.5, 0.6) is 0 Å². The number of rotatable bonds is 4. The lowest BCUT2D eigenvalue weighted by Gasteiger charge is -2.13. The Bertz CT molecular complexity index is 635. The first kappa shape index (κ1) is 14.8. The molecule has 0 saturated heterocycles. The summed E-state index contributed by atoms with van der Waals surface area (Å²) in [6, 6.07) is 7.78. The van der Waals surface area contributed by atoms with Gasteiger partial charge in [-0.25, -0.2) is 4.98 Å². The van der Waals surface area contributed by atoms with Gasteiger partial charge in [-0.15, -0.1) is 0 Å². The summed E-state index contributed by atoms with van der Waals surface area (Å²) in [6.45, 7) is 5.67. The van der Waals surface area contributed by atoms with E-state index < -0.39 is 11.9 Å². The van der Waals surface area contributed by atoms with Crippen molar-refractivity contribution < 1.29 is 9.90 Å².